The van der Waals surface area contributed by atoms with Crippen LogP contribution in [0.15, 0.2) is 12.3 Å². The standard InChI is InChI=1S/C19H29N3O6/c1-13-11-21(12-14(2)27-13)8-9-26-17-6-7-22(20-17)15-4-3-5-16(10-15)28-19(25)18(23)24/h6-7,13-16H,3-5,8-12H2,1-2H3,(H,23,24). The van der Waals surface area contributed by atoms with Crippen molar-refractivity contribution in [3.63, 3.8) is 0 Å². The number of ether oxygens (including phenoxy) is 3. The maximum Gasteiger partial charge on any atom is 0.417 e. The van der Waals surface area contributed by atoms with E-state index in [0.717, 1.165) is 32.5 Å². The monoisotopic (exact) mass is 395 g/mol. The third-order valence-electron chi connectivity index (χ3n) is 5.16. The molecular weight excluding hydrogens is 366 g/mol. The van der Waals surface area contributed by atoms with Crippen LogP contribution in [0.25, 0.3) is 0 Å². The van der Waals surface area contributed by atoms with Crippen molar-refractivity contribution >= 4 is 11.9 Å². The lowest BCUT2D eigenvalue weighted by atomic mass is 9.93. The van der Waals surface area contributed by atoms with E-state index in [-0.39, 0.29) is 24.4 Å². The van der Waals surface area contributed by atoms with Crippen molar-refractivity contribution in [2.24, 2.45) is 0 Å². The maximum absolute atomic E-state index is 11.3. The van der Waals surface area contributed by atoms with Crippen molar-refractivity contribution in [1.29, 1.82) is 0 Å². The molecule has 1 aliphatic carbocycles. The van der Waals surface area contributed by atoms with Gasteiger partial charge < -0.3 is 19.3 Å². The van der Waals surface area contributed by atoms with Crippen LogP contribution in [0.4, 0.5) is 0 Å². The van der Waals surface area contributed by atoms with Crippen LogP contribution in [0.3, 0.4) is 0 Å². The lowest BCUT2D eigenvalue weighted by molar-refractivity contribution is -0.168. The molecular formula is C19H29N3O6. The number of carbonyl (C=O) groups excluding carboxylic acids is 1. The van der Waals surface area contributed by atoms with Crippen molar-refractivity contribution in [3.8, 4) is 5.88 Å². The first-order valence-electron chi connectivity index (χ1n) is 9.90. The first-order chi connectivity index (χ1) is 13.4. The zero-order chi connectivity index (χ0) is 20.1. The molecule has 0 aromatic carbocycles. The van der Waals surface area contributed by atoms with Gasteiger partial charge >= 0.3 is 11.9 Å². The quantitative estimate of drug-likeness (QED) is 0.571. The predicted octanol–water partition coefficient (Wildman–Crippen LogP) is 1.48. The highest BCUT2D eigenvalue weighted by Crippen LogP contribution is 2.30. The molecule has 0 radical (unpaired) electrons. The molecule has 1 aromatic rings. The Hall–Kier alpha value is -2.13. The Labute approximate surface area is 164 Å². The minimum absolute atomic E-state index is 0.0682. The Kier molecular flexibility index (Phi) is 6.90. The average molecular weight is 395 g/mol. The number of carboxylic acids is 1. The van der Waals surface area contributed by atoms with Crippen molar-refractivity contribution in [2.75, 3.05) is 26.2 Å². The molecule has 1 saturated heterocycles. The first kappa shape index (κ1) is 20.6. The van der Waals surface area contributed by atoms with E-state index in [4.69, 9.17) is 19.3 Å². The topological polar surface area (TPSA) is 103 Å². The SMILES string of the molecule is CC1CN(CCOc2ccn(C3CCCC(OC(=O)C(=O)O)C3)n2)CC(C)O1. The summed E-state index contributed by atoms with van der Waals surface area (Å²) in [4.78, 5) is 24.3. The van der Waals surface area contributed by atoms with Gasteiger partial charge in [-0.15, -0.1) is 5.10 Å². The molecule has 4 atom stereocenters. The summed E-state index contributed by atoms with van der Waals surface area (Å²) in [5.41, 5.74) is 0. The molecule has 4 unspecified atom stereocenters. The van der Waals surface area contributed by atoms with Gasteiger partial charge in [-0.1, -0.05) is 0 Å². The second kappa shape index (κ2) is 9.38. The van der Waals surface area contributed by atoms with E-state index in [9.17, 15) is 9.59 Å². The van der Waals surface area contributed by atoms with Crippen LogP contribution < -0.4 is 4.74 Å². The number of morpholine rings is 1. The van der Waals surface area contributed by atoms with E-state index < -0.39 is 11.9 Å². The van der Waals surface area contributed by atoms with E-state index >= 15 is 0 Å². The summed E-state index contributed by atoms with van der Waals surface area (Å²) in [7, 11) is 0. The fourth-order valence-corrected chi connectivity index (χ4v) is 4.02. The fourth-order valence-electron chi connectivity index (χ4n) is 4.02. The molecule has 1 N–H and O–H groups in total. The summed E-state index contributed by atoms with van der Waals surface area (Å²) in [6.45, 7) is 7.34. The number of rotatable bonds is 6. The molecule has 0 amide bonds. The van der Waals surface area contributed by atoms with Crippen LogP contribution in [-0.4, -0.2) is 76.3 Å². The van der Waals surface area contributed by atoms with Crippen LogP contribution in [0.5, 0.6) is 5.88 Å². The van der Waals surface area contributed by atoms with Crippen LogP contribution in [0.1, 0.15) is 45.6 Å². The number of nitrogens with zero attached hydrogens (tertiary/aromatic N) is 3. The summed E-state index contributed by atoms with van der Waals surface area (Å²) in [5.74, 6) is -2.18. The number of hydrogen-bond acceptors (Lipinski definition) is 7. The molecule has 0 spiro atoms. The van der Waals surface area contributed by atoms with Gasteiger partial charge in [0, 0.05) is 38.3 Å². The summed E-state index contributed by atoms with van der Waals surface area (Å²) in [5, 5.41) is 13.2. The van der Waals surface area contributed by atoms with Gasteiger partial charge in [0.15, 0.2) is 0 Å². The Morgan fingerprint density at radius 1 is 1.29 bits per heavy atom. The number of hydrogen-bond donors (Lipinski definition) is 1. The van der Waals surface area contributed by atoms with Crippen molar-refractivity contribution in [3.05, 3.63) is 12.3 Å². The third-order valence-corrected chi connectivity index (χ3v) is 5.16. The predicted molar refractivity (Wildman–Crippen MR) is 99.2 cm³/mol. The largest absolute Gasteiger partial charge is 0.475 e. The molecule has 28 heavy (non-hydrogen) atoms. The molecule has 156 valence electrons. The van der Waals surface area contributed by atoms with Gasteiger partial charge in [0.25, 0.3) is 0 Å². The Balaban J connectivity index is 1.45. The van der Waals surface area contributed by atoms with Crippen LogP contribution in [-0.2, 0) is 19.1 Å². The third kappa shape index (κ3) is 5.68. The molecule has 9 heteroatoms. The highest BCUT2D eigenvalue weighted by Gasteiger charge is 2.28. The molecule has 2 aliphatic rings. The van der Waals surface area contributed by atoms with Gasteiger partial charge in [-0.25, -0.2) is 9.59 Å². The molecule has 1 saturated carbocycles. The summed E-state index contributed by atoms with van der Waals surface area (Å²) < 4.78 is 18.4. The van der Waals surface area contributed by atoms with E-state index in [1.165, 1.54) is 0 Å². The summed E-state index contributed by atoms with van der Waals surface area (Å²) in [6.07, 6.45) is 4.94. The second-order valence-corrected chi connectivity index (χ2v) is 7.65. The summed E-state index contributed by atoms with van der Waals surface area (Å²) >= 11 is 0. The number of esters is 1. The van der Waals surface area contributed by atoms with Gasteiger partial charge in [0.2, 0.25) is 5.88 Å². The minimum atomic E-state index is -1.55. The van der Waals surface area contributed by atoms with E-state index in [1.54, 1.807) is 0 Å². The molecule has 2 fully saturated rings. The molecule has 1 aromatic heterocycles. The Bertz CT molecular complexity index is 668. The lowest BCUT2D eigenvalue weighted by Crippen LogP contribution is -2.46. The maximum atomic E-state index is 11.3. The van der Waals surface area contributed by atoms with E-state index in [2.05, 4.69) is 23.8 Å². The minimum Gasteiger partial charge on any atom is -0.475 e. The number of aliphatic carboxylic acids is 1. The molecule has 0 bridgehead atoms. The number of aromatic nitrogens is 2. The highest BCUT2D eigenvalue weighted by atomic mass is 16.6. The van der Waals surface area contributed by atoms with Gasteiger partial charge in [-0.2, -0.15) is 0 Å². The van der Waals surface area contributed by atoms with Crippen molar-refractivity contribution < 1.29 is 28.9 Å². The normalized spacial score (nSPS) is 28.6. The smallest absolute Gasteiger partial charge is 0.417 e. The van der Waals surface area contributed by atoms with Crippen molar-refractivity contribution in [1.82, 2.24) is 14.7 Å². The number of carboxylic acid groups (broad SMARTS) is 1. The van der Waals surface area contributed by atoms with Gasteiger partial charge in [-0.05, 0) is 33.1 Å². The van der Waals surface area contributed by atoms with Gasteiger partial charge in [0.1, 0.15) is 12.7 Å². The first-order valence-corrected chi connectivity index (χ1v) is 9.90. The molecule has 2 heterocycles. The van der Waals surface area contributed by atoms with Crippen LogP contribution in [0, 0.1) is 0 Å². The Morgan fingerprint density at radius 3 is 2.75 bits per heavy atom. The van der Waals surface area contributed by atoms with Crippen LogP contribution >= 0.6 is 0 Å². The second-order valence-electron chi connectivity index (χ2n) is 7.65. The zero-order valence-corrected chi connectivity index (χ0v) is 16.5. The van der Waals surface area contributed by atoms with Gasteiger partial charge in [-0.3, -0.25) is 9.58 Å². The zero-order valence-electron chi connectivity index (χ0n) is 16.5. The number of carbonyl (C=O) groups is 2. The molecule has 1 aliphatic heterocycles. The summed E-state index contributed by atoms with van der Waals surface area (Å²) in [6, 6.07) is 1.90. The van der Waals surface area contributed by atoms with Gasteiger partial charge in [0.05, 0.1) is 18.2 Å². The molecule has 9 nitrogen and oxygen atoms in total. The Morgan fingerprint density at radius 2 is 2.04 bits per heavy atom. The van der Waals surface area contributed by atoms with Crippen molar-refractivity contribution in [2.45, 2.75) is 63.9 Å². The van der Waals surface area contributed by atoms with E-state index in [1.807, 2.05) is 16.9 Å². The average Bonchev–Trinajstić information content (AvgIpc) is 3.10. The fraction of sp³-hybridized carbons (Fsp3) is 0.737. The lowest BCUT2D eigenvalue weighted by Gasteiger charge is -2.35. The molecule has 3 rings (SSSR count). The van der Waals surface area contributed by atoms with E-state index in [0.29, 0.717) is 25.3 Å². The van der Waals surface area contributed by atoms with Crippen LogP contribution in [0.2, 0.25) is 0 Å². The highest BCUT2D eigenvalue weighted by molar-refractivity contribution is 6.28.